The van der Waals surface area contributed by atoms with E-state index in [1.54, 1.807) is 48.5 Å². The second-order valence-electron chi connectivity index (χ2n) is 7.44. The number of hydrogen-bond acceptors (Lipinski definition) is 6. The number of esters is 2. The molecule has 1 saturated carbocycles. The van der Waals surface area contributed by atoms with E-state index < -0.39 is 5.97 Å². The van der Waals surface area contributed by atoms with Gasteiger partial charge in [-0.15, -0.1) is 0 Å². The van der Waals surface area contributed by atoms with Crippen molar-refractivity contribution >= 4 is 17.9 Å². The van der Waals surface area contributed by atoms with Crippen LogP contribution in [0, 0.1) is 11.8 Å². The molecule has 0 spiro atoms. The van der Waals surface area contributed by atoms with Gasteiger partial charge in [0.15, 0.2) is 17.5 Å². The number of methoxy groups -OCH3 is 1. The lowest BCUT2D eigenvalue weighted by Gasteiger charge is -2.26. The Bertz CT molecular complexity index is 948. The molecule has 0 aliphatic heterocycles. The van der Waals surface area contributed by atoms with E-state index in [4.69, 9.17) is 25.7 Å². The maximum atomic E-state index is 12.7. The number of rotatable bonds is 7. The molecule has 0 radical (unpaired) electrons. The Morgan fingerprint density at radius 2 is 1.52 bits per heavy atom. The zero-order valence-corrected chi connectivity index (χ0v) is 17.5. The summed E-state index contributed by atoms with van der Waals surface area (Å²) in [5, 5.41) is 0. The molecule has 0 saturated heterocycles. The molecule has 3 rings (SSSR count). The van der Waals surface area contributed by atoms with E-state index in [0.29, 0.717) is 31.1 Å². The van der Waals surface area contributed by atoms with Gasteiger partial charge >= 0.3 is 11.9 Å². The van der Waals surface area contributed by atoms with Crippen LogP contribution in [0.2, 0.25) is 0 Å². The van der Waals surface area contributed by atoms with Gasteiger partial charge in [0.05, 0.1) is 13.0 Å². The standard InChI is InChI=1S/C23H27N3O5/c1-29-19-8-4-5-9-20(19)31-22(28)17-6-2-3-7-18(17)30-21(27)16-12-10-15(11-13-16)14-26-23(24)25/h2-9,15-16H,10-14H2,1H3,(H4,24,25,26). The maximum Gasteiger partial charge on any atom is 0.347 e. The lowest BCUT2D eigenvalue weighted by molar-refractivity contribution is -0.140. The second kappa shape index (κ2) is 10.5. The summed E-state index contributed by atoms with van der Waals surface area (Å²) in [4.78, 5) is 29.5. The third-order valence-corrected chi connectivity index (χ3v) is 5.30. The Kier molecular flexibility index (Phi) is 7.48. The first-order chi connectivity index (χ1) is 15.0. The molecule has 0 aromatic heterocycles. The zero-order valence-electron chi connectivity index (χ0n) is 17.5. The number of hydrogen-bond donors (Lipinski definition) is 2. The average Bonchev–Trinajstić information content (AvgIpc) is 2.78. The summed E-state index contributed by atoms with van der Waals surface area (Å²) in [6.07, 6.45) is 3.07. The summed E-state index contributed by atoms with van der Waals surface area (Å²) in [6.45, 7) is 0.571. The van der Waals surface area contributed by atoms with E-state index in [-0.39, 0.29) is 34.9 Å². The van der Waals surface area contributed by atoms with E-state index in [9.17, 15) is 9.59 Å². The fourth-order valence-corrected chi connectivity index (χ4v) is 3.59. The number of carbonyl (C=O) groups excluding carboxylic acids is 2. The van der Waals surface area contributed by atoms with Crippen molar-refractivity contribution in [3.8, 4) is 17.2 Å². The van der Waals surface area contributed by atoms with Crippen molar-refractivity contribution in [3.05, 3.63) is 54.1 Å². The Balaban J connectivity index is 1.63. The number of ether oxygens (including phenoxy) is 3. The van der Waals surface area contributed by atoms with Crippen LogP contribution in [-0.2, 0) is 4.79 Å². The summed E-state index contributed by atoms with van der Waals surface area (Å²) in [5.74, 6) is 0.126. The third kappa shape index (κ3) is 5.97. The number of carbonyl (C=O) groups is 2. The number of para-hydroxylation sites is 3. The van der Waals surface area contributed by atoms with E-state index in [1.165, 1.54) is 7.11 Å². The summed E-state index contributed by atoms with van der Waals surface area (Å²) in [6, 6.07) is 13.4. The van der Waals surface area contributed by atoms with Crippen molar-refractivity contribution in [1.82, 2.24) is 0 Å². The van der Waals surface area contributed by atoms with Gasteiger partial charge in [-0.3, -0.25) is 9.79 Å². The molecule has 1 aliphatic carbocycles. The topological polar surface area (TPSA) is 126 Å². The first-order valence-electron chi connectivity index (χ1n) is 10.2. The predicted octanol–water partition coefficient (Wildman–Crippen LogP) is 2.90. The number of benzene rings is 2. The van der Waals surface area contributed by atoms with Crippen molar-refractivity contribution < 1.29 is 23.8 Å². The molecule has 8 heteroatoms. The van der Waals surface area contributed by atoms with E-state index in [2.05, 4.69) is 4.99 Å². The first kappa shape index (κ1) is 22.1. The molecule has 31 heavy (non-hydrogen) atoms. The number of nitrogens with two attached hydrogens (primary N) is 2. The Morgan fingerprint density at radius 3 is 2.16 bits per heavy atom. The maximum absolute atomic E-state index is 12.7. The zero-order chi connectivity index (χ0) is 22.2. The molecule has 164 valence electrons. The van der Waals surface area contributed by atoms with Crippen LogP contribution in [0.25, 0.3) is 0 Å². The van der Waals surface area contributed by atoms with Gasteiger partial charge in [0.1, 0.15) is 11.3 Å². The molecular weight excluding hydrogens is 398 g/mol. The van der Waals surface area contributed by atoms with Crippen LogP contribution in [0.1, 0.15) is 36.0 Å². The van der Waals surface area contributed by atoms with Gasteiger partial charge in [-0.1, -0.05) is 24.3 Å². The summed E-state index contributed by atoms with van der Waals surface area (Å²) >= 11 is 0. The van der Waals surface area contributed by atoms with E-state index in [1.807, 2.05) is 0 Å². The second-order valence-corrected chi connectivity index (χ2v) is 7.44. The highest BCUT2D eigenvalue weighted by Gasteiger charge is 2.29. The van der Waals surface area contributed by atoms with Gasteiger partial charge in [0.2, 0.25) is 0 Å². The summed E-state index contributed by atoms with van der Waals surface area (Å²) in [5.41, 5.74) is 10.9. The van der Waals surface area contributed by atoms with Crippen molar-refractivity contribution in [3.63, 3.8) is 0 Å². The Morgan fingerprint density at radius 1 is 0.903 bits per heavy atom. The van der Waals surface area contributed by atoms with Gasteiger partial charge < -0.3 is 25.7 Å². The molecule has 1 aliphatic rings. The van der Waals surface area contributed by atoms with Crippen LogP contribution >= 0.6 is 0 Å². The van der Waals surface area contributed by atoms with Crippen molar-refractivity contribution in [2.24, 2.45) is 28.3 Å². The van der Waals surface area contributed by atoms with Gasteiger partial charge in [-0.25, -0.2) is 4.79 Å². The fraction of sp³-hybridized carbons (Fsp3) is 0.348. The Hall–Kier alpha value is -3.55. The van der Waals surface area contributed by atoms with E-state index in [0.717, 1.165) is 12.8 Å². The number of nitrogens with zero attached hydrogens (tertiary/aromatic N) is 1. The molecule has 8 nitrogen and oxygen atoms in total. The lowest BCUT2D eigenvalue weighted by Crippen LogP contribution is -2.28. The lowest BCUT2D eigenvalue weighted by atomic mass is 9.82. The third-order valence-electron chi connectivity index (χ3n) is 5.30. The van der Waals surface area contributed by atoms with Gasteiger partial charge in [0.25, 0.3) is 0 Å². The fourth-order valence-electron chi connectivity index (χ4n) is 3.59. The van der Waals surface area contributed by atoms with Gasteiger partial charge in [-0.2, -0.15) is 0 Å². The van der Waals surface area contributed by atoms with Gasteiger partial charge in [0, 0.05) is 6.54 Å². The molecule has 0 bridgehead atoms. The average molecular weight is 425 g/mol. The van der Waals surface area contributed by atoms with Crippen molar-refractivity contribution in [1.29, 1.82) is 0 Å². The molecule has 2 aromatic carbocycles. The number of aliphatic imine (C=N–C) groups is 1. The van der Waals surface area contributed by atoms with Crippen LogP contribution in [0.15, 0.2) is 53.5 Å². The molecule has 1 fully saturated rings. The SMILES string of the molecule is COc1ccccc1OC(=O)c1ccccc1OC(=O)C1CCC(CN=C(N)N)CC1. The molecule has 2 aromatic rings. The summed E-state index contributed by atoms with van der Waals surface area (Å²) in [7, 11) is 1.49. The normalized spacial score (nSPS) is 18.0. The molecule has 0 amide bonds. The molecule has 0 unspecified atom stereocenters. The van der Waals surface area contributed by atoms with Crippen LogP contribution in [0.3, 0.4) is 0 Å². The minimum atomic E-state index is -0.631. The highest BCUT2D eigenvalue weighted by molar-refractivity contribution is 5.95. The Labute approximate surface area is 181 Å². The van der Waals surface area contributed by atoms with Crippen molar-refractivity contribution in [2.75, 3.05) is 13.7 Å². The van der Waals surface area contributed by atoms with E-state index >= 15 is 0 Å². The van der Waals surface area contributed by atoms with Crippen LogP contribution in [0.4, 0.5) is 0 Å². The predicted molar refractivity (Wildman–Crippen MR) is 116 cm³/mol. The monoisotopic (exact) mass is 425 g/mol. The molecule has 4 N–H and O–H groups in total. The quantitative estimate of drug-likeness (QED) is 0.302. The smallest absolute Gasteiger partial charge is 0.347 e. The highest BCUT2D eigenvalue weighted by atomic mass is 16.6. The minimum absolute atomic E-state index is 0.0816. The van der Waals surface area contributed by atoms with Crippen molar-refractivity contribution in [2.45, 2.75) is 25.7 Å². The summed E-state index contributed by atoms with van der Waals surface area (Å²) < 4.78 is 16.3. The van der Waals surface area contributed by atoms with Gasteiger partial charge in [-0.05, 0) is 55.9 Å². The highest BCUT2D eigenvalue weighted by Crippen LogP contribution is 2.32. The molecule has 0 atom stereocenters. The molecular formula is C23H27N3O5. The first-order valence-corrected chi connectivity index (χ1v) is 10.2. The minimum Gasteiger partial charge on any atom is -0.493 e. The van der Waals surface area contributed by atoms with Crippen LogP contribution < -0.4 is 25.7 Å². The molecule has 0 heterocycles. The largest absolute Gasteiger partial charge is 0.493 e. The van der Waals surface area contributed by atoms with Crippen LogP contribution in [0.5, 0.6) is 17.2 Å². The van der Waals surface area contributed by atoms with Crippen LogP contribution in [-0.4, -0.2) is 31.6 Å². The number of guanidine groups is 1.